The van der Waals surface area contributed by atoms with Crippen molar-refractivity contribution in [2.45, 2.75) is 51.9 Å². The van der Waals surface area contributed by atoms with Crippen molar-refractivity contribution in [3.63, 3.8) is 0 Å². The van der Waals surface area contributed by atoms with Gasteiger partial charge in [0.05, 0.1) is 13.5 Å². The molecule has 0 saturated heterocycles. The molecule has 0 aliphatic heterocycles. The predicted molar refractivity (Wildman–Crippen MR) is 74.7 cm³/mol. The van der Waals surface area contributed by atoms with Crippen molar-refractivity contribution in [2.75, 3.05) is 7.11 Å². The van der Waals surface area contributed by atoms with E-state index in [0.717, 1.165) is 5.56 Å². The number of hydrogen-bond acceptors (Lipinski definition) is 2. The van der Waals surface area contributed by atoms with Gasteiger partial charge in [0.1, 0.15) is 0 Å². The first kappa shape index (κ1) is 14.7. The quantitative estimate of drug-likeness (QED) is 0.679. The van der Waals surface area contributed by atoms with Crippen molar-refractivity contribution in [2.24, 2.45) is 0 Å². The van der Waals surface area contributed by atoms with Crippen LogP contribution >= 0.6 is 0 Å². The smallest absolute Gasteiger partial charge is 0.309 e. The summed E-state index contributed by atoms with van der Waals surface area (Å²) in [6.45, 7) is 4.43. The third-order valence-electron chi connectivity index (χ3n) is 3.33. The Labute approximate surface area is 110 Å². The van der Waals surface area contributed by atoms with Gasteiger partial charge in [0.2, 0.25) is 0 Å². The highest BCUT2D eigenvalue weighted by atomic mass is 16.5. The van der Waals surface area contributed by atoms with Gasteiger partial charge in [-0.05, 0) is 29.9 Å². The molecule has 0 fully saturated rings. The van der Waals surface area contributed by atoms with Gasteiger partial charge in [-0.1, -0.05) is 51.0 Å². The molecular formula is C16H24O2. The van der Waals surface area contributed by atoms with Crippen LogP contribution < -0.4 is 0 Å². The fraction of sp³-hybridized carbons (Fsp3) is 0.562. The molecule has 0 aliphatic carbocycles. The highest BCUT2D eigenvalue weighted by Crippen LogP contribution is 2.29. The lowest BCUT2D eigenvalue weighted by molar-refractivity contribution is -0.139. The van der Waals surface area contributed by atoms with E-state index in [1.54, 1.807) is 0 Å². The minimum Gasteiger partial charge on any atom is -0.469 e. The maximum atomic E-state index is 11.4. The Morgan fingerprint density at radius 3 is 2.33 bits per heavy atom. The average Bonchev–Trinajstić information content (AvgIpc) is 2.39. The van der Waals surface area contributed by atoms with Gasteiger partial charge in [0.15, 0.2) is 0 Å². The molecule has 18 heavy (non-hydrogen) atoms. The van der Waals surface area contributed by atoms with Crippen molar-refractivity contribution < 1.29 is 9.53 Å². The molecule has 0 saturated carbocycles. The molecular weight excluding hydrogens is 224 g/mol. The first-order valence-electron chi connectivity index (χ1n) is 6.87. The normalized spacial score (nSPS) is 10.7. The Morgan fingerprint density at radius 2 is 1.78 bits per heavy atom. The second-order valence-corrected chi connectivity index (χ2v) is 4.73. The maximum Gasteiger partial charge on any atom is 0.309 e. The van der Waals surface area contributed by atoms with E-state index in [1.165, 1.54) is 38.4 Å². The van der Waals surface area contributed by atoms with Gasteiger partial charge in [-0.3, -0.25) is 4.79 Å². The highest BCUT2D eigenvalue weighted by Gasteiger charge is 2.15. The van der Waals surface area contributed by atoms with Crippen molar-refractivity contribution in [3.05, 3.63) is 35.4 Å². The Balaban J connectivity index is 2.93. The summed E-state index contributed by atoms with van der Waals surface area (Å²) in [5.41, 5.74) is 2.45. The third kappa shape index (κ3) is 4.17. The molecule has 0 N–H and O–H groups in total. The molecule has 0 amide bonds. The molecule has 2 heteroatoms. The lowest BCUT2D eigenvalue weighted by Crippen LogP contribution is -2.09. The van der Waals surface area contributed by atoms with Crippen LogP contribution in [0.3, 0.4) is 0 Å². The first-order chi connectivity index (χ1) is 8.72. The molecule has 0 aromatic heterocycles. The number of methoxy groups -OCH3 is 1. The van der Waals surface area contributed by atoms with Crippen LogP contribution in [0.25, 0.3) is 0 Å². The number of rotatable bonds is 7. The molecule has 100 valence electrons. The van der Waals surface area contributed by atoms with Crippen LogP contribution in [-0.4, -0.2) is 13.1 Å². The SMILES string of the molecule is CCCC(CCC)c1ccccc1CC(=O)OC. The zero-order valence-corrected chi connectivity index (χ0v) is 11.7. The van der Waals surface area contributed by atoms with E-state index >= 15 is 0 Å². The fourth-order valence-corrected chi connectivity index (χ4v) is 2.47. The Hall–Kier alpha value is -1.31. The number of esters is 1. The van der Waals surface area contributed by atoms with Crippen LogP contribution in [0.2, 0.25) is 0 Å². The zero-order chi connectivity index (χ0) is 13.4. The molecule has 0 spiro atoms. The van der Waals surface area contributed by atoms with Crippen LogP contribution in [0.5, 0.6) is 0 Å². The van der Waals surface area contributed by atoms with Gasteiger partial charge >= 0.3 is 5.97 Å². The van der Waals surface area contributed by atoms with Gasteiger partial charge in [-0.15, -0.1) is 0 Å². The van der Waals surface area contributed by atoms with Crippen molar-refractivity contribution in [1.29, 1.82) is 0 Å². The van der Waals surface area contributed by atoms with E-state index in [9.17, 15) is 4.79 Å². The van der Waals surface area contributed by atoms with Crippen LogP contribution in [0.15, 0.2) is 24.3 Å². The van der Waals surface area contributed by atoms with E-state index in [-0.39, 0.29) is 5.97 Å². The van der Waals surface area contributed by atoms with E-state index in [1.807, 2.05) is 12.1 Å². The summed E-state index contributed by atoms with van der Waals surface area (Å²) < 4.78 is 4.77. The molecule has 0 atom stereocenters. The van der Waals surface area contributed by atoms with E-state index < -0.39 is 0 Å². The first-order valence-corrected chi connectivity index (χ1v) is 6.87. The predicted octanol–water partition coefficient (Wildman–Crippen LogP) is 4.09. The van der Waals surface area contributed by atoms with Crippen LogP contribution in [0, 0.1) is 0 Å². The topological polar surface area (TPSA) is 26.3 Å². The minimum atomic E-state index is -0.158. The van der Waals surface area contributed by atoms with E-state index in [4.69, 9.17) is 4.74 Å². The van der Waals surface area contributed by atoms with Crippen LogP contribution in [0.4, 0.5) is 0 Å². The summed E-state index contributed by atoms with van der Waals surface area (Å²) in [6, 6.07) is 8.27. The van der Waals surface area contributed by atoms with Gasteiger partial charge in [-0.2, -0.15) is 0 Å². The van der Waals surface area contributed by atoms with Crippen molar-refractivity contribution in [3.8, 4) is 0 Å². The minimum absolute atomic E-state index is 0.158. The lowest BCUT2D eigenvalue weighted by Gasteiger charge is -2.19. The Kier molecular flexibility index (Phi) is 6.48. The summed E-state index contributed by atoms with van der Waals surface area (Å²) >= 11 is 0. The molecule has 1 aromatic rings. The maximum absolute atomic E-state index is 11.4. The average molecular weight is 248 g/mol. The molecule has 0 unspecified atom stereocenters. The second kappa shape index (κ2) is 7.91. The summed E-state index contributed by atoms with van der Waals surface area (Å²) in [5.74, 6) is 0.412. The molecule has 2 nitrogen and oxygen atoms in total. The lowest BCUT2D eigenvalue weighted by atomic mass is 9.86. The van der Waals surface area contributed by atoms with E-state index in [2.05, 4.69) is 26.0 Å². The second-order valence-electron chi connectivity index (χ2n) is 4.73. The van der Waals surface area contributed by atoms with Gasteiger partial charge in [-0.25, -0.2) is 0 Å². The molecule has 0 bridgehead atoms. The largest absolute Gasteiger partial charge is 0.469 e. The molecule has 0 radical (unpaired) electrons. The number of carbonyl (C=O) groups is 1. The molecule has 1 rings (SSSR count). The summed E-state index contributed by atoms with van der Waals surface area (Å²) in [5, 5.41) is 0. The van der Waals surface area contributed by atoms with E-state index in [0.29, 0.717) is 12.3 Å². The molecule has 0 heterocycles. The standard InChI is InChI=1S/C16H24O2/c1-4-8-13(9-5-2)15-11-7-6-10-14(15)12-16(17)18-3/h6-7,10-11,13H,4-5,8-9,12H2,1-3H3. The number of benzene rings is 1. The molecule has 1 aromatic carbocycles. The number of ether oxygens (including phenoxy) is 1. The Bertz CT molecular complexity index is 365. The monoisotopic (exact) mass is 248 g/mol. The third-order valence-corrected chi connectivity index (χ3v) is 3.33. The van der Waals surface area contributed by atoms with Crippen molar-refractivity contribution >= 4 is 5.97 Å². The highest BCUT2D eigenvalue weighted by molar-refractivity contribution is 5.73. The fourth-order valence-electron chi connectivity index (χ4n) is 2.47. The van der Waals surface area contributed by atoms with Gasteiger partial charge in [0, 0.05) is 0 Å². The number of hydrogen-bond donors (Lipinski definition) is 0. The van der Waals surface area contributed by atoms with Gasteiger partial charge < -0.3 is 4.74 Å². The van der Waals surface area contributed by atoms with Crippen molar-refractivity contribution in [1.82, 2.24) is 0 Å². The van der Waals surface area contributed by atoms with Crippen LogP contribution in [0.1, 0.15) is 56.6 Å². The number of carbonyl (C=O) groups excluding carboxylic acids is 1. The summed E-state index contributed by atoms with van der Waals surface area (Å²) in [7, 11) is 1.44. The zero-order valence-electron chi connectivity index (χ0n) is 11.7. The Morgan fingerprint density at radius 1 is 1.17 bits per heavy atom. The molecule has 0 aliphatic rings. The van der Waals surface area contributed by atoms with Gasteiger partial charge in [0.25, 0.3) is 0 Å². The summed E-state index contributed by atoms with van der Waals surface area (Å²) in [6.07, 6.45) is 5.11. The summed E-state index contributed by atoms with van der Waals surface area (Å²) in [4.78, 5) is 11.4. The van der Waals surface area contributed by atoms with Crippen LogP contribution in [-0.2, 0) is 16.0 Å².